The van der Waals surface area contributed by atoms with E-state index in [-0.39, 0.29) is 28.9 Å². The molecule has 0 saturated carbocycles. The number of hydrogen-bond donors (Lipinski definition) is 2. The van der Waals surface area contributed by atoms with Crippen molar-refractivity contribution in [3.05, 3.63) is 66.4 Å². The first-order chi connectivity index (χ1) is 14.4. The highest BCUT2D eigenvalue weighted by Gasteiger charge is 2.16. The van der Waals surface area contributed by atoms with Gasteiger partial charge in [-0.2, -0.15) is 0 Å². The van der Waals surface area contributed by atoms with Crippen LogP contribution in [0.25, 0.3) is 10.9 Å². The Morgan fingerprint density at radius 2 is 1.74 bits per heavy atom. The van der Waals surface area contributed by atoms with Gasteiger partial charge in [0.2, 0.25) is 10.0 Å². The summed E-state index contributed by atoms with van der Waals surface area (Å²) in [4.78, 5) is 4.54. The average Bonchev–Trinajstić information content (AvgIpc) is 3.16. The Hall–Kier alpha value is -2.11. The van der Waals surface area contributed by atoms with Crippen molar-refractivity contribution in [2.45, 2.75) is 24.4 Å². The topological polar surface area (TPSA) is 78.7 Å². The van der Waals surface area contributed by atoms with Gasteiger partial charge in [-0.25, -0.2) is 12.7 Å². The Labute approximate surface area is 201 Å². The van der Waals surface area contributed by atoms with E-state index in [1.165, 1.54) is 29.3 Å². The zero-order chi connectivity index (χ0) is 21.6. The molecule has 3 aromatic rings. The Morgan fingerprint density at radius 1 is 1.03 bits per heavy atom. The second-order valence-electron chi connectivity index (χ2n) is 7.21. The van der Waals surface area contributed by atoms with Gasteiger partial charge in [-0.15, -0.1) is 24.0 Å². The standard InChI is InChI=1S/C22H29N5O2S.HI/c1-23-22(24-14-6-15-27-16-13-19-7-4-5-8-21(19)27)25-17-18-9-11-20(12-10-18)30(28,29)26(2)3;/h4-5,7-13,16H,6,14-15,17H2,1-3H3,(H2,23,24,25);1H. The summed E-state index contributed by atoms with van der Waals surface area (Å²) in [6, 6.07) is 17.4. The van der Waals surface area contributed by atoms with Crippen molar-refractivity contribution in [3.63, 3.8) is 0 Å². The number of aromatic nitrogens is 1. The number of guanidine groups is 1. The molecular weight excluding hydrogens is 525 g/mol. The van der Waals surface area contributed by atoms with E-state index in [1.807, 2.05) is 12.1 Å². The molecule has 31 heavy (non-hydrogen) atoms. The molecule has 1 heterocycles. The predicted octanol–water partition coefficient (Wildman–Crippen LogP) is 3.26. The van der Waals surface area contributed by atoms with Crippen LogP contribution in [0.5, 0.6) is 0 Å². The van der Waals surface area contributed by atoms with E-state index < -0.39 is 10.0 Å². The van der Waals surface area contributed by atoms with Crippen LogP contribution < -0.4 is 10.6 Å². The summed E-state index contributed by atoms with van der Waals surface area (Å²) < 4.78 is 27.8. The molecule has 168 valence electrons. The van der Waals surface area contributed by atoms with E-state index in [2.05, 4.69) is 56.7 Å². The Morgan fingerprint density at radius 3 is 2.42 bits per heavy atom. The SMILES string of the molecule is CN=C(NCCCn1ccc2ccccc21)NCc1ccc(S(=O)(=O)N(C)C)cc1.I. The Kier molecular flexibility index (Phi) is 9.32. The van der Waals surface area contributed by atoms with Crippen molar-refractivity contribution >= 4 is 50.9 Å². The number of fused-ring (bicyclic) bond motifs is 1. The van der Waals surface area contributed by atoms with Gasteiger partial charge in [0.1, 0.15) is 0 Å². The zero-order valence-corrected chi connectivity index (χ0v) is 21.2. The number of rotatable bonds is 8. The minimum Gasteiger partial charge on any atom is -0.356 e. The maximum atomic E-state index is 12.1. The summed E-state index contributed by atoms with van der Waals surface area (Å²) in [6.07, 6.45) is 3.09. The third-order valence-electron chi connectivity index (χ3n) is 4.93. The minimum absolute atomic E-state index is 0. The van der Waals surface area contributed by atoms with Crippen LogP contribution in [-0.2, 0) is 23.1 Å². The van der Waals surface area contributed by atoms with Crippen LogP contribution in [0.3, 0.4) is 0 Å². The van der Waals surface area contributed by atoms with E-state index in [0.29, 0.717) is 6.54 Å². The maximum Gasteiger partial charge on any atom is 0.242 e. The molecule has 3 rings (SSSR count). The number of aliphatic imine (C=N–C) groups is 1. The van der Waals surface area contributed by atoms with Gasteiger partial charge in [-0.3, -0.25) is 4.99 Å². The number of aryl methyl sites for hydroxylation is 1. The zero-order valence-electron chi connectivity index (χ0n) is 18.1. The van der Waals surface area contributed by atoms with Crippen LogP contribution in [0.4, 0.5) is 0 Å². The highest BCUT2D eigenvalue weighted by atomic mass is 127. The molecule has 2 N–H and O–H groups in total. The normalized spacial score (nSPS) is 12.1. The molecule has 0 unspecified atom stereocenters. The predicted molar refractivity (Wildman–Crippen MR) is 137 cm³/mol. The molecule has 0 aliphatic carbocycles. The molecule has 0 aliphatic rings. The van der Waals surface area contributed by atoms with Gasteiger partial charge in [-0.1, -0.05) is 30.3 Å². The smallest absolute Gasteiger partial charge is 0.242 e. The summed E-state index contributed by atoms with van der Waals surface area (Å²) in [5, 5.41) is 7.84. The lowest BCUT2D eigenvalue weighted by molar-refractivity contribution is 0.520. The van der Waals surface area contributed by atoms with Crippen LogP contribution in [0.2, 0.25) is 0 Å². The number of halogens is 1. The Balaban J connectivity index is 0.00000341. The van der Waals surface area contributed by atoms with Gasteiger partial charge < -0.3 is 15.2 Å². The average molecular weight is 555 g/mol. The second kappa shape index (κ2) is 11.5. The third kappa shape index (κ3) is 6.44. The van der Waals surface area contributed by atoms with Gasteiger partial charge in [-0.05, 0) is 41.6 Å². The molecule has 0 amide bonds. The molecular formula is C22H30IN5O2S. The Bertz CT molecular complexity index is 1110. The maximum absolute atomic E-state index is 12.1. The molecule has 0 atom stereocenters. The number of benzene rings is 2. The van der Waals surface area contributed by atoms with Crippen molar-refractivity contribution in [1.82, 2.24) is 19.5 Å². The van der Waals surface area contributed by atoms with Crippen molar-refractivity contribution in [1.29, 1.82) is 0 Å². The highest BCUT2D eigenvalue weighted by Crippen LogP contribution is 2.15. The van der Waals surface area contributed by atoms with Gasteiger partial charge in [0.25, 0.3) is 0 Å². The largest absolute Gasteiger partial charge is 0.356 e. The van der Waals surface area contributed by atoms with Crippen LogP contribution in [-0.4, -0.2) is 50.9 Å². The third-order valence-corrected chi connectivity index (χ3v) is 6.76. The van der Waals surface area contributed by atoms with Crippen molar-refractivity contribution in [2.24, 2.45) is 4.99 Å². The molecule has 0 aliphatic heterocycles. The molecule has 0 bridgehead atoms. The fourth-order valence-corrected chi connectivity index (χ4v) is 4.09. The lowest BCUT2D eigenvalue weighted by Gasteiger charge is -2.14. The fraction of sp³-hybridized carbons (Fsp3) is 0.318. The fourth-order valence-electron chi connectivity index (χ4n) is 3.19. The molecule has 7 nitrogen and oxygen atoms in total. The van der Waals surface area contributed by atoms with E-state index in [0.717, 1.165) is 31.0 Å². The molecule has 9 heteroatoms. The lowest BCUT2D eigenvalue weighted by atomic mass is 10.2. The van der Waals surface area contributed by atoms with Crippen LogP contribution in [0.15, 0.2) is 70.7 Å². The number of hydrogen-bond acceptors (Lipinski definition) is 3. The van der Waals surface area contributed by atoms with E-state index in [1.54, 1.807) is 19.2 Å². The van der Waals surface area contributed by atoms with E-state index >= 15 is 0 Å². The van der Waals surface area contributed by atoms with Gasteiger partial charge in [0, 0.05) is 52.5 Å². The first-order valence-corrected chi connectivity index (χ1v) is 11.4. The van der Waals surface area contributed by atoms with Crippen molar-refractivity contribution in [2.75, 3.05) is 27.7 Å². The first-order valence-electron chi connectivity index (χ1n) is 9.91. The summed E-state index contributed by atoms with van der Waals surface area (Å²) in [5.74, 6) is 0.720. The number of nitrogens with one attached hydrogen (secondary N) is 2. The van der Waals surface area contributed by atoms with E-state index in [9.17, 15) is 8.42 Å². The van der Waals surface area contributed by atoms with Gasteiger partial charge in [0.15, 0.2) is 5.96 Å². The summed E-state index contributed by atoms with van der Waals surface area (Å²) in [7, 11) is 1.39. The van der Waals surface area contributed by atoms with Gasteiger partial charge in [0.05, 0.1) is 4.90 Å². The molecule has 0 spiro atoms. The molecule has 2 aromatic carbocycles. The quantitative estimate of drug-likeness (QED) is 0.194. The minimum atomic E-state index is -3.40. The number of para-hydroxylation sites is 1. The summed E-state index contributed by atoms with van der Waals surface area (Å²) in [5.41, 5.74) is 2.23. The molecule has 1 aromatic heterocycles. The monoisotopic (exact) mass is 555 g/mol. The van der Waals surface area contributed by atoms with Crippen molar-refractivity contribution < 1.29 is 8.42 Å². The van der Waals surface area contributed by atoms with E-state index in [4.69, 9.17) is 0 Å². The van der Waals surface area contributed by atoms with Crippen LogP contribution in [0, 0.1) is 0 Å². The molecule has 0 saturated heterocycles. The molecule has 0 fully saturated rings. The van der Waals surface area contributed by atoms with Crippen molar-refractivity contribution in [3.8, 4) is 0 Å². The second-order valence-corrected chi connectivity index (χ2v) is 9.36. The summed E-state index contributed by atoms with van der Waals surface area (Å²) in [6.45, 7) is 2.29. The van der Waals surface area contributed by atoms with Gasteiger partial charge >= 0.3 is 0 Å². The molecule has 0 radical (unpaired) electrons. The lowest BCUT2D eigenvalue weighted by Crippen LogP contribution is -2.37. The summed E-state index contributed by atoms with van der Waals surface area (Å²) >= 11 is 0. The number of sulfonamides is 1. The van der Waals surface area contributed by atoms with Crippen LogP contribution >= 0.6 is 24.0 Å². The number of nitrogens with zero attached hydrogens (tertiary/aromatic N) is 3. The first kappa shape index (κ1) is 25.2. The van der Waals surface area contributed by atoms with Crippen LogP contribution in [0.1, 0.15) is 12.0 Å². The highest BCUT2D eigenvalue weighted by molar-refractivity contribution is 14.0.